The van der Waals surface area contributed by atoms with E-state index in [1.807, 2.05) is 32.0 Å². The molecule has 3 rings (SSSR count). The molecule has 0 atom stereocenters. The average molecular weight is 393 g/mol. The lowest BCUT2D eigenvalue weighted by Crippen LogP contribution is -2.17. The van der Waals surface area contributed by atoms with Crippen LogP contribution in [0.1, 0.15) is 21.6 Å². The van der Waals surface area contributed by atoms with E-state index < -0.39 is 34.9 Å². The van der Waals surface area contributed by atoms with Gasteiger partial charge in [0.25, 0.3) is 5.91 Å². The van der Waals surface area contributed by atoms with Crippen LogP contribution >= 0.6 is 0 Å². The first kappa shape index (κ1) is 19.4. The van der Waals surface area contributed by atoms with E-state index in [0.717, 1.165) is 11.1 Å². The van der Waals surface area contributed by atoms with Gasteiger partial charge < -0.3 is 10.1 Å². The Kier molecular flexibility index (Phi) is 5.34. The molecule has 2 aromatic carbocycles. The van der Waals surface area contributed by atoms with Gasteiger partial charge in [-0.2, -0.15) is 5.10 Å². The number of nitrogens with zero attached hydrogens (tertiary/aromatic N) is 2. The maximum atomic E-state index is 13.7. The molecule has 1 heterocycles. The molecule has 0 bridgehead atoms. The van der Waals surface area contributed by atoms with Gasteiger partial charge in [0.2, 0.25) is 0 Å². The third-order valence-electron chi connectivity index (χ3n) is 3.78. The van der Waals surface area contributed by atoms with Gasteiger partial charge >= 0.3 is 0 Å². The lowest BCUT2D eigenvalue weighted by atomic mass is 10.1. The zero-order valence-electron chi connectivity index (χ0n) is 14.9. The van der Waals surface area contributed by atoms with Crippen molar-refractivity contribution in [2.45, 2.75) is 20.6 Å². The summed E-state index contributed by atoms with van der Waals surface area (Å²) in [5.74, 6) is -7.08. The minimum absolute atomic E-state index is 0.0203. The first-order chi connectivity index (χ1) is 13.2. The third-order valence-corrected chi connectivity index (χ3v) is 3.78. The molecule has 0 saturated carbocycles. The molecule has 0 aliphatic rings. The van der Waals surface area contributed by atoms with Crippen molar-refractivity contribution in [3.05, 3.63) is 76.6 Å². The Morgan fingerprint density at radius 3 is 2.25 bits per heavy atom. The van der Waals surface area contributed by atoms with Crippen LogP contribution in [0.3, 0.4) is 0 Å². The number of carbonyl (C=O) groups is 1. The van der Waals surface area contributed by atoms with E-state index in [2.05, 4.69) is 5.10 Å². The first-order valence-corrected chi connectivity index (χ1v) is 8.13. The highest BCUT2D eigenvalue weighted by molar-refractivity contribution is 6.02. The molecular weight excluding hydrogens is 378 g/mol. The van der Waals surface area contributed by atoms with Gasteiger partial charge in [0.1, 0.15) is 11.4 Å². The number of amides is 1. The number of aryl methyl sites for hydroxylation is 2. The normalized spacial score (nSPS) is 10.8. The van der Waals surface area contributed by atoms with Crippen molar-refractivity contribution in [1.82, 2.24) is 9.78 Å². The van der Waals surface area contributed by atoms with Crippen LogP contribution < -0.4 is 10.1 Å². The molecule has 1 N–H and O–H groups in total. The van der Waals surface area contributed by atoms with E-state index in [9.17, 15) is 22.4 Å². The Morgan fingerprint density at radius 1 is 1.04 bits per heavy atom. The fourth-order valence-corrected chi connectivity index (χ4v) is 2.57. The number of halogens is 4. The maximum absolute atomic E-state index is 13.7. The van der Waals surface area contributed by atoms with Gasteiger partial charge in [-0.1, -0.05) is 6.07 Å². The second kappa shape index (κ2) is 7.71. The highest BCUT2D eigenvalue weighted by atomic mass is 19.2. The minimum Gasteiger partial charge on any atom is -0.471 e. The van der Waals surface area contributed by atoms with Gasteiger partial charge in [0, 0.05) is 12.3 Å². The second-order valence-corrected chi connectivity index (χ2v) is 6.13. The number of carbonyl (C=O) groups excluding carboxylic acids is 1. The van der Waals surface area contributed by atoms with Crippen molar-refractivity contribution < 1.29 is 27.1 Å². The van der Waals surface area contributed by atoms with E-state index in [0.29, 0.717) is 5.75 Å². The average Bonchev–Trinajstić information content (AvgIpc) is 3.10. The second-order valence-electron chi connectivity index (χ2n) is 6.13. The number of anilines is 1. The zero-order valence-corrected chi connectivity index (χ0v) is 14.9. The van der Waals surface area contributed by atoms with E-state index >= 15 is 0 Å². The quantitative estimate of drug-likeness (QED) is 0.518. The third kappa shape index (κ3) is 4.13. The Labute approximate surface area is 157 Å². The molecule has 146 valence electrons. The molecule has 0 fully saturated rings. The standard InChI is InChI=1S/C19H15F4N3O2/c1-10-5-11(2)7-12(6-10)28-9-26-4-3-15(25-26)19(27)24-18-16(22)13(20)8-14(21)17(18)23/h3-8H,9H2,1-2H3,(H,24,27). The fraction of sp³-hybridized carbons (Fsp3) is 0.158. The van der Waals surface area contributed by atoms with Gasteiger partial charge in [-0.3, -0.25) is 4.79 Å². The molecule has 0 radical (unpaired) electrons. The van der Waals surface area contributed by atoms with Crippen molar-refractivity contribution in [3.8, 4) is 5.75 Å². The highest BCUT2D eigenvalue weighted by Gasteiger charge is 2.22. The Hall–Kier alpha value is -3.36. The number of hydrogen-bond donors (Lipinski definition) is 1. The van der Waals surface area contributed by atoms with Crippen molar-refractivity contribution in [1.29, 1.82) is 0 Å². The van der Waals surface area contributed by atoms with Crippen LogP contribution in [0.15, 0.2) is 36.5 Å². The van der Waals surface area contributed by atoms with Crippen LogP contribution in [0, 0.1) is 37.1 Å². The number of benzene rings is 2. The SMILES string of the molecule is Cc1cc(C)cc(OCn2ccc(C(=O)Nc3c(F)c(F)cc(F)c3F)n2)c1. The summed E-state index contributed by atoms with van der Waals surface area (Å²) >= 11 is 0. The molecule has 0 spiro atoms. The number of rotatable bonds is 5. The van der Waals surface area contributed by atoms with E-state index in [1.54, 1.807) is 5.32 Å². The zero-order chi connectivity index (χ0) is 20.4. The summed E-state index contributed by atoms with van der Waals surface area (Å²) < 4.78 is 60.6. The van der Waals surface area contributed by atoms with Crippen LogP contribution in [0.25, 0.3) is 0 Å². The number of hydrogen-bond acceptors (Lipinski definition) is 3. The summed E-state index contributed by atoms with van der Waals surface area (Å²) in [5, 5.41) is 5.71. The largest absolute Gasteiger partial charge is 0.471 e. The first-order valence-electron chi connectivity index (χ1n) is 8.13. The van der Waals surface area contributed by atoms with Crippen molar-refractivity contribution in [2.75, 3.05) is 5.32 Å². The Balaban J connectivity index is 1.71. The predicted octanol–water partition coefficient (Wildman–Crippen LogP) is 4.35. The van der Waals surface area contributed by atoms with Gasteiger partial charge in [0.15, 0.2) is 35.7 Å². The van der Waals surface area contributed by atoms with Crippen molar-refractivity contribution >= 4 is 11.6 Å². The maximum Gasteiger partial charge on any atom is 0.276 e. The number of nitrogens with one attached hydrogen (secondary N) is 1. The molecule has 1 aromatic heterocycles. The summed E-state index contributed by atoms with van der Waals surface area (Å²) in [6.45, 7) is 3.82. The smallest absolute Gasteiger partial charge is 0.276 e. The van der Waals surface area contributed by atoms with Crippen LogP contribution in [-0.2, 0) is 6.73 Å². The van der Waals surface area contributed by atoms with Crippen LogP contribution in [-0.4, -0.2) is 15.7 Å². The van der Waals surface area contributed by atoms with Crippen LogP contribution in [0.4, 0.5) is 23.2 Å². The number of ether oxygens (including phenoxy) is 1. The van der Waals surface area contributed by atoms with Crippen molar-refractivity contribution in [2.24, 2.45) is 0 Å². The Morgan fingerprint density at radius 2 is 1.64 bits per heavy atom. The molecule has 1 amide bonds. The van der Waals surface area contributed by atoms with E-state index in [4.69, 9.17) is 4.74 Å². The lowest BCUT2D eigenvalue weighted by Gasteiger charge is -2.09. The highest BCUT2D eigenvalue weighted by Crippen LogP contribution is 2.24. The monoisotopic (exact) mass is 393 g/mol. The molecule has 0 aliphatic carbocycles. The molecule has 28 heavy (non-hydrogen) atoms. The van der Waals surface area contributed by atoms with Gasteiger partial charge in [0.05, 0.1) is 0 Å². The molecule has 5 nitrogen and oxygen atoms in total. The summed E-state index contributed by atoms with van der Waals surface area (Å²) in [7, 11) is 0. The molecule has 3 aromatic rings. The molecule has 0 saturated heterocycles. The topological polar surface area (TPSA) is 56.1 Å². The van der Waals surface area contributed by atoms with Gasteiger partial charge in [-0.25, -0.2) is 22.2 Å². The van der Waals surface area contributed by atoms with E-state index in [1.165, 1.54) is 16.9 Å². The minimum atomic E-state index is -1.70. The van der Waals surface area contributed by atoms with Crippen LogP contribution in [0.2, 0.25) is 0 Å². The molecule has 0 aliphatic heterocycles. The Bertz CT molecular complexity index is 1000. The summed E-state index contributed by atoms with van der Waals surface area (Å²) in [4.78, 5) is 12.1. The molecule has 0 unspecified atom stereocenters. The fourth-order valence-electron chi connectivity index (χ4n) is 2.57. The molecule has 9 heteroatoms. The van der Waals surface area contributed by atoms with E-state index in [-0.39, 0.29) is 18.5 Å². The summed E-state index contributed by atoms with van der Waals surface area (Å²) in [6, 6.07) is 6.96. The summed E-state index contributed by atoms with van der Waals surface area (Å²) in [6.07, 6.45) is 1.41. The summed E-state index contributed by atoms with van der Waals surface area (Å²) in [5.41, 5.74) is 0.597. The predicted molar refractivity (Wildman–Crippen MR) is 93.0 cm³/mol. The van der Waals surface area contributed by atoms with Crippen molar-refractivity contribution in [3.63, 3.8) is 0 Å². The number of aromatic nitrogens is 2. The van der Waals surface area contributed by atoms with Crippen LogP contribution in [0.5, 0.6) is 5.75 Å². The van der Waals surface area contributed by atoms with Gasteiger partial charge in [-0.05, 0) is 43.2 Å². The molecular formula is C19H15F4N3O2. The van der Waals surface area contributed by atoms with Gasteiger partial charge in [-0.15, -0.1) is 0 Å². The lowest BCUT2D eigenvalue weighted by molar-refractivity contribution is 0.101.